The summed E-state index contributed by atoms with van der Waals surface area (Å²) in [5.41, 5.74) is -0.436. The molecule has 1 amide bonds. The second-order valence-corrected chi connectivity index (χ2v) is 6.13. The number of amides is 1. The lowest BCUT2D eigenvalue weighted by Gasteiger charge is -2.26. The second kappa shape index (κ2) is 9.20. The van der Waals surface area contributed by atoms with Gasteiger partial charge in [0.05, 0.1) is 24.2 Å². The van der Waals surface area contributed by atoms with Crippen molar-refractivity contribution in [2.75, 3.05) is 6.54 Å². The molecule has 1 rings (SSSR count). The molecule has 0 aromatic heterocycles. The highest BCUT2D eigenvalue weighted by Gasteiger charge is 2.42. The van der Waals surface area contributed by atoms with Crippen LogP contribution in [0.2, 0.25) is 0 Å². The van der Waals surface area contributed by atoms with E-state index >= 15 is 0 Å². The van der Waals surface area contributed by atoms with Crippen LogP contribution in [-0.2, 0) is 4.79 Å². The fourth-order valence-corrected chi connectivity index (χ4v) is 2.34. The van der Waals surface area contributed by atoms with Crippen molar-refractivity contribution in [3.8, 4) is 6.07 Å². The van der Waals surface area contributed by atoms with E-state index in [0.717, 1.165) is 24.3 Å². The first-order valence-electron chi connectivity index (χ1n) is 7.87. The fraction of sp³-hybridized carbons (Fsp3) is 0.471. The van der Waals surface area contributed by atoms with E-state index in [1.54, 1.807) is 19.9 Å². The van der Waals surface area contributed by atoms with Gasteiger partial charge < -0.3 is 10.4 Å². The first-order chi connectivity index (χ1) is 12.1. The lowest BCUT2D eigenvalue weighted by molar-refractivity contribution is -0.164. The standard InChI is InChI=1S/C17H20F3N3O3/c1-10(2)9-13(22-8-7-21)15(24)23-14(17(18,19)20)11-3-5-12(6-4-11)16(25)26/h3-6,10,13-14,22H,8-9H2,1-2H3,(H,23,24)(H,25,26)/t13-,14?/m0/s1. The van der Waals surface area contributed by atoms with Crippen molar-refractivity contribution in [2.24, 2.45) is 5.92 Å². The zero-order valence-electron chi connectivity index (χ0n) is 14.3. The highest BCUT2D eigenvalue weighted by Crippen LogP contribution is 2.33. The Balaban J connectivity index is 3.04. The second-order valence-electron chi connectivity index (χ2n) is 6.13. The van der Waals surface area contributed by atoms with E-state index in [0.29, 0.717) is 0 Å². The van der Waals surface area contributed by atoms with Crippen molar-refractivity contribution in [1.29, 1.82) is 5.26 Å². The third-order valence-electron chi connectivity index (χ3n) is 3.56. The number of hydrogen-bond donors (Lipinski definition) is 3. The molecule has 0 saturated carbocycles. The maximum absolute atomic E-state index is 13.4. The number of alkyl halides is 3. The molecule has 0 aliphatic carbocycles. The summed E-state index contributed by atoms with van der Waals surface area (Å²) in [7, 11) is 0. The molecule has 1 aromatic carbocycles. The van der Waals surface area contributed by atoms with Gasteiger partial charge >= 0.3 is 12.1 Å². The van der Waals surface area contributed by atoms with Gasteiger partial charge in [-0.15, -0.1) is 0 Å². The fourth-order valence-electron chi connectivity index (χ4n) is 2.34. The average Bonchev–Trinajstić information content (AvgIpc) is 2.55. The summed E-state index contributed by atoms with van der Waals surface area (Å²) in [6, 6.07) is 2.68. The number of halogens is 3. The summed E-state index contributed by atoms with van der Waals surface area (Å²) in [5.74, 6) is -2.11. The van der Waals surface area contributed by atoms with Crippen LogP contribution in [0.25, 0.3) is 0 Å². The molecular weight excluding hydrogens is 351 g/mol. The van der Waals surface area contributed by atoms with Crippen molar-refractivity contribution in [3.05, 3.63) is 35.4 Å². The first kappa shape index (κ1) is 21.4. The number of aromatic carboxylic acids is 1. The summed E-state index contributed by atoms with van der Waals surface area (Å²) in [4.78, 5) is 23.1. The molecular formula is C17H20F3N3O3. The molecule has 0 heterocycles. The van der Waals surface area contributed by atoms with Gasteiger partial charge in [-0.05, 0) is 30.0 Å². The Morgan fingerprint density at radius 2 is 1.81 bits per heavy atom. The number of nitrogens with zero attached hydrogens (tertiary/aromatic N) is 1. The van der Waals surface area contributed by atoms with Crippen LogP contribution in [0.3, 0.4) is 0 Å². The third-order valence-corrected chi connectivity index (χ3v) is 3.56. The van der Waals surface area contributed by atoms with E-state index in [4.69, 9.17) is 10.4 Å². The van der Waals surface area contributed by atoms with Crippen LogP contribution >= 0.6 is 0 Å². The molecule has 6 nitrogen and oxygen atoms in total. The van der Waals surface area contributed by atoms with E-state index in [1.165, 1.54) is 0 Å². The van der Waals surface area contributed by atoms with Crippen LogP contribution < -0.4 is 10.6 Å². The molecule has 1 unspecified atom stereocenters. The smallest absolute Gasteiger partial charge is 0.412 e. The Kier molecular flexibility index (Phi) is 7.58. The Morgan fingerprint density at radius 1 is 1.23 bits per heavy atom. The molecule has 0 aliphatic heterocycles. The number of nitriles is 1. The molecule has 2 atom stereocenters. The predicted molar refractivity (Wildman–Crippen MR) is 87.2 cm³/mol. The molecule has 0 radical (unpaired) electrons. The van der Waals surface area contributed by atoms with Gasteiger partial charge in [-0.25, -0.2) is 4.79 Å². The highest BCUT2D eigenvalue weighted by molar-refractivity contribution is 5.87. The zero-order chi connectivity index (χ0) is 19.9. The molecule has 26 heavy (non-hydrogen) atoms. The third kappa shape index (κ3) is 6.37. The van der Waals surface area contributed by atoms with Crippen LogP contribution in [-0.4, -0.2) is 35.7 Å². The lowest BCUT2D eigenvalue weighted by Crippen LogP contribution is -2.49. The molecule has 142 valence electrons. The van der Waals surface area contributed by atoms with E-state index in [2.05, 4.69) is 5.32 Å². The molecule has 0 bridgehead atoms. The summed E-state index contributed by atoms with van der Waals surface area (Å²) < 4.78 is 40.2. The van der Waals surface area contributed by atoms with Crippen molar-refractivity contribution in [1.82, 2.24) is 10.6 Å². The minimum absolute atomic E-state index is 0.0242. The topological polar surface area (TPSA) is 102 Å². The molecule has 3 N–H and O–H groups in total. The number of benzene rings is 1. The molecule has 0 aliphatic rings. The van der Waals surface area contributed by atoms with E-state index < -0.39 is 30.1 Å². The van der Waals surface area contributed by atoms with Crippen LogP contribution in [0, 0.1) is 17.2 Å². The Hall–Kier alpha value is -2.60. The monoisotopic (exact) mass is 371 g/mol. The Bertz CT molecular complexity index is 667. The number of rotatable bonds is 8. The van der Waals surface area contributed by atoms with Gasteiger partial charge in [0.15, 0.2) is 6.04 Å². The van der Waals surface area contributed by atoms with Gasteiger partial charge in [0.1, 0.15) is 0 Å². The minimum atomic E-state index is -4.77. The summed E-state index contributed by atoms with van der Waals surface area (Å²) in [6.07, 6.45) is -4.51. The first-order valence-corrected chi connectivity index (χ1v) is 7.87. The number of nitrogens with one attached hydrogen (secondary N) is 2. The number of carboxylic acid groups (broad SMARTS) is 1. The summed E-state index contributed by atoms with van der Waals surface area (Å²) in [5, 5.41) is 22.0. The maximum Gasteiger partial charge on any atom is 0.412 e. The molecule has 0 saturated heterocycles. The van der Waals surface area contributed by atoms with Crippen molar-refractivity contribution in [3.63, 3.8) is 0 Å². The molecule has 9 heteroatoms. The lowest BCUT2D eigenvalue weighted by atomic mass is 10.0. The summed E-state index contributed by atoms with van der Waals surface area (Å²) >= 11 is 0. The normalized spacial score (nSPS) is 13.7. The van der Waals surface area contributed by atoms with Gasteiger partial charge in [0.25, 0.3) is 0 Å². The van der Waals surface area contributed by atoms with E-state index in [-0.39, 0.29) is 30.0 Å². The molecule has 0 spiro atoms. The highest BCUT2D eigenvalue weighted by atomic mass is 19.4. The van der Waals surface area contributed by atoms with Crippen LogP contribution in [0.15, 0.2) is 24.3 Å². The van der Waals surface area contributed by atoms with Crippen LogP contribution in [0.4, 0.5) is 13.2 Å². The largest absolute Gasteiger partial charge is 0.478 e. The van der Waals surface area contributed by atoms with E-state index in [1.807, 2.05) is 5.32 Å². The predicted octanol–water partition coefficient (Wildman–Crippen LogP) is 2.63. The van der Waals surface area contributed by atoms with E-state index in [9.17, 15) is 22.8 Å². The SMILES string of the molecule is CC(C)C[C@H](NCC#N)C(=O)NC(c1ccc(C(=O)O)cc1)C(F)(F)F. The minimum Gasteiger partial charge on any atom is -0.478 e. The number of carboxylic acids is 1. The zero-order valence-corrected chi connectivity index (χ0v) is 14.3. The quantitative estimate of drug-likeness (QED) is 0.610. The number of carbonyl (C=O) groups is 2. The van der Waals surface area contributed by atoms with Crippen LogP contribution in [0.5, 0.6) is 0 Å². The summed E-state index contributed by atoms with van der Waals surface area (Å²) in [6.45, 7) is 3.44. The van der Waals surface area contributed by atoms with Crippen molar-refractivity contribution < 1.29 is 27.9 Å². The number of hydrogen-bond acceptors (Lipinski definition) is 4. The number of carbonyl (C=O) groups excluding carboxylic acids is 1. The van der Waals surface area contributed by atoms with Gasteiger partial charge in [0, 0.05) is 0 Å². The molecule has 0 fully saturated rings. The average molecular weight is 371 g/mol. The Morgan fingerprint density at radius 3 is 2.23 bits per heavy atom. The van der Waals surface area contributed by atoms with Crippen molar-refractivity contribution >= 4 is 11.9 Å². The van der Waals surface area contributed by atoms with Crippen LogP contribution in [0.1, 0.15) is 42.2 Å². The van der Waals surface area contributed by atoms with Gasteiger partial charge in [-0.2, -0.15) is 18.4 Å². The molecule has 1 aromatic rings. The van der Waals surface area contributed by atoms with Crippen molar-refractivity contribution in [2.45, 2.75) is 38.5 Å². The maximum atomic E-state index is 13.4. The van der Waals surface area contributed by atoms with Gasteiger partial charge in [0.2, 0.25) is 5.91 Å². The van der Waals surface area contributed by atoms with Gasteiger partial charge in [-0.3, -0.25) is 10.1 Å². The Labute approximate surface area is 149 Å². The van der Waals surface area contributed by atoms with Gasteiger partial charge in [-0.1, -0.05) is 26.0 Å².